The fourth-order valence-electron chi connectivity index (χ4n) is 3.97. The summed E-state index contributed by atoms with van der Waals surface area (Å²) in [5.41, 5.74) is 4.97. The highest BCUT2D eigenvalue weighted by molar-refractivity contribution is 5.94. The molecule has 0 bridgehead atoms. The van der Waals surface area contributed by atoms with Crippen LogP contribution in [0.25, 0.3) is 10.9 Å². The van der Waals surface area contributed by atoms with Gasteiger partial charge in [0.15, 0.2) is 5.82 Å². The molecule has 6 heteroatoms. The number of aromatic nitrogens is 3. The van der Waals surface area contributed by atoms with Gasteiger partial charge in [-0.3, -0.25) is 9.88 Å². The van der Waals surface area contributed by atoms with Crippen LogP contribution >= 0.6 is 0 Å². The number of fused-ring (bicyclic) bond motifs is 1. The predicted octanol–water partition coefficient (Wildman–Crippen LogP) is 3.37. The molecule has 1 fully saturated rings. The molecule has 0 saturated carbocycles. The molecule has 3 aromatic rings. The summed E-state index contributed by atoms with van der Waals surface area (Å²) in [5.74, 6) is 1.51. The number of hydrogen-bond acceptors (Lipinski definition) is 6. The quantitative estimate of drug-likeness (QED) is 0.691. The maximum Gasteiger partial charge on any atom is 0.226 e. The number of benzene rings is 1. The fraction of sp³-hybridized carbons (Fsp3) is 0.476. The fourth-order valence-corrected chi connectivity index (χ4v) is 3.97. The molecular weight excluding hydrogens is 338 g/mol. The van der Waals surface area contributed by atoms with Gasteiger partial charge in [-0.2, -0.15) is 4.98 Å². The van der Waals surface area contributed by atoms with Crippen LogP contribution in [0.15, 0.2) is 28.8 Å². The van der Waals surface area contributed by atoms with Crippen molar-refractivity contribution in [3.8, 4) is 0 Å². The zero-order chi connectivity index (χ0) is 18.8. The van der Waals surface area contributed by atoms with Gasteiger partial charge in [0.2, 0.25) is 5.89 Å². The summed E-state index contributed by atoms with van der Waals surface area (Å²) in [6, 6.07) is 8.50. The van der Waals surface area contributed by atoms with Crippen molar-refractivity contribution in [2.75, 3.05) is 31.1 Å². The molecule has 0 radical (unpaired) electrons. The topological polar surface area (TPSA) is 58.3 Å². The van der Waals surface area contributed by atoms with E-state index >= 15 is 0 Å². The molecule has 0 amide bonds. The molecular formula is C21H27N5O. The summed E-state index contributed by atoms with van der Waals surface area (Å²) < 4.78 is 5.23. The van der Waals surface area contributed by atoms with Crippen LogP contribution in [0.1, 0.15) is 36.8 Å². The number of anilines is 1. The van der Waals surface area contributed by atoms with Gasteiger partial charge in [0.05, 0.1) is 17.7 Å². The zero-order valence-corrected chi connectivity index (χ0v) is 16.4. The Morgan fingerprint density at radius 3 is 2.48 bits per heavy atom. The Hall–Kier alpha value is -2.47. The first-order valence-corrected chi connectivity index (χ1v) is 9.86. The molecule has 1 aromatic carbocycles. The Bertz CT molecular complexity index is 927. The van der Waals surface area contributed by atoms with Gasteiger partial charge in [-0.1, -0.05) is 37.2 Å². The van der Waals surface area contributed by atoms with Crippen molar-refractivity contribution in [2.45, 2.75) is 40.2 Å². The normalized spacial score (nSPS) is 15.6. The first-order chi connectivity index (χ1) is 13.2. The Morgan fingerprint density at radius 2 is 1.78 bits per heavy atom. The third kappa shape index (κ3) is 3.54. The molecule has 0 N–H and O–H groups in total. The van der Waals surface area contributed by atoms with E-state index in [1.54, 1.807) is 0 Å². The summed E-state index contributed by atoms with van der Waals surface area (Å²) in [6.45, 7) is 11.1. The van der Waals surface area contributed by atoms with E-state index in [1.807, 2.05) is 6.92 Å². The number of hydrogen-bond donors (Lipinski definition) is 0. The van der Waals surface area contributed by atoms with Gasteiger partial charge in [0, 0.05) is 43.7 Å². The average Bonchev–Trinajstić information content (AvgIpc) is 3.15. The number of pyridine rings is 1. The SMILES string of the molecule is CCc1nc(CN2CCN(c3c(CC)c(C)nc4ccccc34)CC2)no1. The first kappa shape index (κ1) is 17.9. The Balaban J connectivity index is 1.54. The smallest absolute Gasteiger partial charge is 0.226 e. The first-order valence-electron chi connectivity index (χ1n) is 9.86. The highest BCUT2D eigenvalue weighted by Gasteiger charge is 2.23. The van der Waals surface area contributed by atoms with Gasteiger partial charge in [0.25, 0.3) is 0 Å². The molecule has 0 atom stereocenters. The molecule has 142 valence electrons. The molecule has 2 aromatic heterocycles. The minimum atomic E-state index is 0.718. The number of piperazine rings is 1. The second kappa shape index (κ2) is 7.64. The van der Waals surface area contributed by atoms with E-state index < -0.39 is 0 Å². The molecule has 1 saturated heterocycles. The highest BCUT2D eigenvalue weighted by Crippen LogP contribution is 2.33. The van der Waals surface area contributed by atoms with Gasteiger partial charge < -0.3 is 9.42 Å². The molecule has 6 nitrogen and oxygen atoms in total. The molecule has 0 unspecified atom stereocenters. The lowest BCUT2D eigenvalue weighted by atomic mass is 10.0. The van der Waals surface area contributed by atoms with Crippen molar-refractivity contribution in [3.63, 3.8) is 0 Å². The van der Waals surface area contributed by atoms with Crippen LogP contribution in [0.2, 0.25) is 0 Å². The van der Waals surface area contributed by atoms with E-state index in [2.05, 4.69) is 58.1 Å². The number of para-hydroxylation sites is 1. The summed E-state index contributed by atoms with van der Waals surface area (Å²) in [4.78, 5) is 14.2. The van der Waals surface area contributed by atoms with Crippen molar-refractivity contribution in [1.82, 2.24) is 20.0 Å². The second-order valence-electron chi connectivity index (χ2n) is 7.12. The maximum atomic E-state index is 5.23. The van der Waals surface area contributed by atoms with Crippen molar-refractivity contribution < 1.29 is 4.52 Å². The van der Waals surface area contributed by atoms with E-state index in [4.69, 9.17) is 9.51 Å². The van der Waals surface area contributed by atoms with Crippen molar-refractivity contribution in [1.29, 1.82) is 0 Å². The minimum absolute atomic E-state index is 0.718. The van der Waals surface area contributed by atoms with Crippen LogP contribution in [-0.2, 0) is 19.4 Å². The molecule has 0 spiro atoms. The van der Waals surface area contributed by atoms with Crippen LogP contribution in [0.3, 0.4) is 0 Å². The monoisotopic (exact) mass is 365 g/mol. The van der Waals surface area contributed by atoms with E-state index in [0.717, 1.165) is 68.5 Å². The van der Waals surface area contributed by atoms with E-state index in [9.17, 15) is 0 Å². The number of aryl methyl sites for hydroxylation is 2. The summed E-state index contributed by atoms with van der Waals surface area (Å²) in [7, 11) is 0. The summed E-state index contributed by atoms with van der Waals surface area (Å²) in [6.07, 6.45) is 1.79. The molecule has 0 aliphatic carbocycles. The van der Waals surface area contributed by atoms with Crippen molar-refractivity contribution >= 4 is 16.6 Å². The zero-order valence-electron chi connectivity index (χ0n) is 16.4. The van der Waals surface area contributed by atoms with E-state index in [-0.39, 0.29) is 0 Å². The second-order valence-corrected chi connectivity index (χ2v) is 7.12. The number of nitrogens with zero attached hydrogens (tertiary/aromatic N) is 5. The minimum Gasteiger partial charge on any atom is -0.368 e. The molecule has 1 aliphatic rings. The van der Waals surface area contributed by atoms with Gasteiger partial charge in [-0.15, -0.1) is 0 Å². The Kier molecular flexibility index (Phi) is 5.07. The maximum absolute atomic E-state index is 5.23. The van der Waals surface area contributed by atoms with Crippen LogP contribution < -0.4 is 4.90 Å². The van der Waals surface area contributed by atoms with Gasteiger partial charge in [-0.05, 0) is 25.0 Å². The lowest BCUT2D eigenvalue weighted by Gasteiger charge is -2.37. The van der Waals surface area contributed by atoms with Crippen LogP contribution in [0.4, 0.5) is 5.69 Å². The van der Waals surface area contributed by atoms with Gasteiger partial charge >= 0.3 is 0 Å². The highest BCUT2D eigenvalue weighted by atomic mass is 16.5. The molecule has 3 heterocycles. The van der Waals surface area contributed by atoms with Crippen molar-refractivity contribution in [3.05, 3.63) is 47.2 Å². The molecule has 1 aliphatic heterocycles. The van der Waals surface area contributed by atoms with Gasteiger partial charge in [0.1, 0.15) is 0 Å². The standard InChI is InChI=1S/C21H27N5O/c1-4-16-15(3)22-18-9-7-6-8-17(18)21(16)26-12-10-25(11-13-26)14-19-23-20(5-2)27-24-19/h6-9H,4-5,10-14H2,1-3H3. The molecule has 27 heavy (non-hydrogen) atoms. The Labute approximate surface area is 160 Å². The Morgan fingerprint density at radius 1 is 1.00 bits per heavy atom. The lowest BCUT2D eigenvalue weighted by molar-refractivity contribution is 0.240. The average molecular weight is 365 g/mol. The third-order valence-corrected chi connectivity index (χ3v) is 5.39. The van der Waals surface area contributed by atoms with Crippen LogP contribution in [0.5, 0.6) is 0 Å². The number of rotatable bonds is 5. The van der Waals surface area contributed by atoms with Crippen molar-refractivity contribution in [2.24, 2.45) is 0 Å². The largest absolute Gasteiger partial charge is 0.368 e. The van der Waals surface area contributed by atoms with E-state index in [1.165, 1.54) is 16.6 Å². The van der Waals surface area contributed by atoms with Crippen LogP contribution in [-0.4, -0.2) is 46.2 Å². The van der Waals surface area contributed by atoms with Gasteiger partial charge in [-0.25, -0.2) is 0 Å². The summed E-state index contributed by atoms with van der Waals surface area (Å²) >= 11 is 0. The van der Waals surface area contributed by atoms with Crippen LogP contribution in [0, 0.1) is 6.92 Å². The molecule has 4 rings (SSSR count). The van der Waals surface area contributed by atoms with E-state index in [0.29, 0.717) is 0 Å². The predicted molar refractivity (Wildman–Crippen MR) is 107 cm³/mol. The summed E-state index contributed by atoms with van der Waals surface area (Å²) in [5, 5.41) is 5.35. The third-order valence-electron chi connectivity index (χ3n) is 5.39. The lowest BCUT2D eigenvalue weighted by Crippen LogP contribution is -2.46.